The summed E-state index contributed by atoms with van der Waals surface area (Å²) in [5.74, 6) is -1.26. The number of aromatic nitrogens is 1. The molecule has 0 aliphatic heterocycles. The van der Waals surface area contributed by atoms with Crippen molar-refractivity contribution >= 4 is 29.2 Å². The van der Waals surface area contributed by atoms with Crippen molar-refractivity contribution in [3.05, 3.63) is 33.2 Å². The highest BCUT2D eigenvalue weighted by molar-refractivity contribution is 6.38. The quantitative estimate of drug-likeness (QED) is 0.559. The molecular weight excluding hydrogens is 205 g/mol. The van der Waals surface area contributed by atoms with Crippen LogP contribution in [0.25, 0.3) is 0 Å². The molecule has 0 saturated carbocycles. The lowest BCUT2D eigenvalue weighted by Crippen LogP contribution is -2.25. The molecule has 0 aromatic carbocycles. The number of rotatable bonds is 1. The average Bonchev–Trinajstić information content (AvgIpc) is 1.82. The number of hydrogen-bond donors (Lipinski definition) is 1. The summed E-state index contributed by atoms with van der Waals surface area (Å²) in [5.41, 5.74) is -0.259. The Hall–Kier alpha value is -1.00. The molecule has 6 heteroatoms. The lowest BCUT2D eigenvalue weighted by molar-refractivity contribution is -0.605. The first-order valence-electron chi connectivity index (χ1n) is 2.83. The summed E-state index contributed by atoms with van der Waals surface area (Å²) in [6.07, 6.45) is 1.85. The molecule has 0 fully saturated rings. The van der Waals surface area contributed by atoms with Crippen molar-refractivity contribution in [1.82, 2.24) is 0 Å². The van der Waals surface area contributed by atoms with E-state index in [1.807, 2.05) is 0 Å². The average molecular weight is 208 g/mol. The van der Waals surface area contributed by atoms with Crippen LogP contribution in [0.3, 0.4) is 0 Å². The third kappa shape index (κ3) is 1.60. The largest absolute Gasteiger partial charge is 0.619 e. The van der Waals surface area contributed by atoms with E-state index in [1.165, 1.54) is 0 Å². The van der Waals surface area contributed by atoms with Crippen LogP contribution in [-0.4, -0.2) is 11.1 Å². The van der Waals surface area contributed by atoms with Gasteiger partial charge >= 0.3 is 5.97 Å². The van der Waals surface area contributed by atoms with Gasteiger partial charge in [-0.05, 0) is 0 Å². The molecule has 0 radical (unpaired) electrons. The number of carboxylic acids is 1. The predicted molar refractivity (Wildman–Crippen MR) is 42.4 cm³/mol. The van der Waals surface area contributed by atoms with E-state index in [0.29, 0.717) is 4.73 Å². The van der Waals surface area contributed by atoms with E-state index in [0.717, 1.165) is 12.4 Å². The lowest BCUT2D eigenvalue weighted by Gasteiger charge is -2.01. The molecule has 1 N–H and O–H groups in total. The Labute approximate surface area is 77.5 Å². The van der Waals surface area contributed by atoms with Gasteiger partial charge in [0.15, 0.2) is 12.4 Å². The summed E-state index contributed by atoms with van der Waals surface area (Å²) in [5, 5.41) is 18.8. The minimum absolute atomic E-state index is 0.176. The van der Waals surface area contributed by atoms with Crippen molar-refractivity contribution in [2.24, 2.45) is 0 Å². The van der Waals surface area contributed by atoms with Crippen LogP contribution in [0.4, 0.5) is 0 Å². The molecule has 64 valence electrons. The molecule has 1 aromatic heterocycles. The molecule has 0 saturated heterocycles. The summed E-state index contributed by atoms with van der Waals surface area (Å²) >= 11 is 10.9. The molecule has 1 rings (SSSR count). The zero-order valence-electron chi connectivity index (χ0n) is 5.62. The fourth-order valence-corrected chi connectivity index (χ4v) is 1.31. The fourth-order valence-electron chi connectivity index (χ4n) is 0.708. The SMILES string of the molecule is O=C(O)c1c(Cl)c[n+]([O-])cc1Cl. The minimum atomic E-state index is -1.26. The number of pyridine rings is 1. The smallest absolute Gasteiger partial charge is 0.339 e. The van der Waals surface area contributed by atoms with Crippen molar-refractivity contribution in [2.75, 3.05) is 0 Å². The second-order valence-corrected chi connectivity index (χ2v) is 2.81. The van der Waals surface area contributed by atoms with Crippen molar-refractivity contribution in [2.45, 2.75) is 0 Å². The maximum atomic E-state index is 10.6. The number of nitrogens with zero attached hydrogens (tertiary/aromatic N) is 1. The lowest BCUT2D eigenvalue weighted by atomic mass is 10.3. The highest BCUT2D eigenvalue weighted by Crippen LogP contribution is 2.21. The summed E-state index contributed by atoms with van der Waals surface area (Å²) in [4.78, 5) is 10.5. The first kappa shape index (κ1) is 9.09. The Morgan fingerprint density at radius 2 is 1.83 bits per heavy atom. The maximum Gasteiger partial charge on any atom is 0.339 e. The summed E-state index contributed by atoms with van der Waals surface area (Å²) in [6.45, 7) is 0. The highest BCUT2D eigenvalue weighted by Gasteiger charge is 2.17. The molecule has 4 nitrogen and oxygen atoms in total. The Kier molecular flexibility index (Phi) is 2.40. The molecule has 12 heavy (non-hydrogen) atoms. The number of carboxylic acid groups (broad SMARTS) is 1. The second-order valence-electron chi connectivity index (χ2n) is 1.99. The van der Waals surface area contributed by atoms with Crippen LogP contribution < -0.4 is 4.73 Å². The van der Waals surface area contributed by atoms with Crippen molar-refractivity contribution in [1.29, 1.82) is 0 Å². The van der Waals surface area contributed by atoms with Gasteiger partial charge in [0.2, 0.25) is 0 Å². The van der Waals surface area contributed by atoms with E-state index >= 15 is 0 Å². The van der Waals surface area contributed by atoms with Crippen LogP contribution in [0.15, 0.2) is 12.4 Å². The molecule has 0 atom stereocenters. The van der Waals surface area contributed by atoms with E-state index in [1.54, 1.807) is 0 Å². The van der Waals surface area contributed by atoms with Crippen LogP contribution in [0, 0.1) is 5.21 Å². The topological polar surface area (TPSA) is 64.2 Å². The zero-order chi connectivity index (χ0) is 9.30. The summed E-state index contributed by atoms with van der Waals surface area (Å²) in [7, 11) is 0. The number of hydrogen-bond acceptors (Lipinski definition) is 2. The predicted octanol–water partition coefficient (Wildman–Crippen LogP) is 1.32. The van der Waals surface area contributed by atoms with E-state index in [9.17, 15) is 10.0 Å². The Morgan fingerprint density at radius 3 is 2.17 bits per heavy atom. The second kappa shape index (κ2) is 3.16. The van der Waals surface area contributed by atoms with Gasteiger partial charge in [-0.15, -0.1) is 0 Å². The molecule has 0 aliphatic carbocycles. The standard InChI is InChI=1S/C6H3Cl2NO3/c7-3-1-9(12)2-4(8)5(3)6(10)11/h1-2H,(H,10,11). The van der Waals surface area contributed by atoms with Crippen LogP contribution in [0.5, 0.6) is 0 Å². The van der Waals surface area contributed by atoms with Gasteiger partial charge in [-0.3, -0.25) is 0 Å². The van der Waals surface area contributed by atoms with Crippen LogP contribution in [0.2, 0.25) is 10.0 Å². The van der Waals surface area contributed by atoms with Crippen molar-refractivity contribution in [3.63, 3.8) is 0 Å². The van der Waals surface area contributed by atoms with Crippen LogP contribution in [0.1, 0.15) is 10.4 Å². The van der Waals surface area contributed by atoms with Crippen molar-refractivity contribution in [3.8, 4) is 0 Å². The van der Waals surface area contributed by atoms with Gasteiger partial charge in [0.1, 0.15) is 15.6 Å². The van der Waals surface area contributed by atoms with Gasteiger partial charge in [-0.1, -0.05) is 23.2 Å². The van der Waals surface area contributed by atoms with Crippen molar-refractivity contribution < 1.29 is 14.6 Å². The molecule has 0 amide bonds. The molecule has 0 aliphatic rings. The third-order valence-corrected chi connectivity index (χ3v) is 1.75. The minimum Gasteiger partial charge on any atom is -0.619 e. The summed E-state index contributed by atoms with van der Waals surface area (Å²) < 4.78 is 0.344. The van der Waals surface area contributed by atoms with Gasteiger partial charge in [0, 0.05) is 0 Å². The highest BCUT2D eigenvalue weighted by atomic mass is 35.5. The molecule has 0 spiro atoms. The van der Waals surface area contributed by atoms with E-state index in [-0.39, 0.29) is 15.6 Å². The Balaban J connectivity index is 3.38. The van der Waals surface area contributed by atoms with E-state index in [2.05, 4.69) is 0 Å². The molecular formula is C6H3Cl2NO3. The fraction of sp³-hybridized carbons (Fsp3) is 0. The summed E-state index contributed by atoms with van der Waals surface area (Å²) in [6, 6.07) is 0. The number of aromatic carboxylic acids is 1. The molecule has 0 bridgehead atoms. The van der Waals surface area contributed by atoms with Gasteiger partial charge in [-0.25, -0.2) is 4.79 Å². The van der Waals surface area contributed by atoms with E-state index < -0.39 is 5.97 Å². The van der Waals surface area contributed by atoms with E-state index in [4.69, 9.17) is 28.3 Å². The number of carbonyl (C=O) groups is 1. The van der Waals surface area contributed by atoms with Gasteiger partial charge in [0.05, 0.1) is 0 Å². The first-order chi connectivity index (χ1) is 5.52. The normalized spacial score (nSPS) is 9.83. The molecule has 1 heterocycles. The monoisotopic (exact) mass is 207 g/mol. The first-order valence-corrected chi connectivity index (χ1v) is 3.59. The maximum absolute atomic E-state index is 10.6. The van der Waals surface area contributed by atoms with Gasteiger partial charge in [0.25, 0.3) is 0 Å². The van der Waals surface area contributed by atoms with Crippen LogP contribution >= 0.6 is 23.2 Å². The van der Waals surface area contributed by atoms with Crippen LogP contribution in [-0.2, 0) is 0 Å². The number of halogens is 2. The van der Waals surface area contributed by atoms with Gasteiger partial charge in [-0.2, -0.15) is 4.73 Å². The zero-order valence-corrected chi connectivity index (χ0v) is 7.13. The Bertz CT molecular complexity index is 317. The van der Waals surface area contributed by atoms with Gasteiger partial charge < -0.3 is 10.3 Å². The Morgan fingerprint density at radius 1 is 1.42 bits per heavy atom. The third-order valence-electron chi connectivity index (χ3n) is 1.17. The molecule has 0 unspecified atom stereocenters. The molecule has 1 aromatic rings.